The van der Waals surface area contributed by atoms with Crippen molar-refractivity contribution < 1.29 is 18.9 Å². The molecular weight excluding hydrogens is 422 g/mol. The summed E-state index contributed by atoms with van der Waals surface area (Å²) in [6.45, 7) is 9.50. The van der Waals surface area contributed by atoms with Gasteiger partial charge in [0.2, 0.25) is 5.88 Å². The highest BCUT2D eigenvalue weighted by atomic mass is 32.1. The van der Waals surface area contributed by atoms with Crippen LogP contribution in [0, 0.1) is 12.8 Å². The van der Waals surface area contributed by atoms with E-state index < -0.39 is 0 Å². The molecule has 2 aromatic heterocycles. The predicted octanol–water partition coefficient (Wildman–Crippen LogP) is 0.771. The molecule has 0 radical (unpaired) electrons. The quantitative estimate of drug-likeness (QED) is 0.380. The number of aromatic nitrogens is 6. The van der Waals surface area contributed by atoms with Gasteiger partial charge in [-0.25, -0.2) is 0 Å². The van der Waals surface area contributed by atoms with Gasteiger partial charge < -0.3 is 23.8 Å². The molecule has 3 aliphatic rings. The first-order chi connectivity index (χ1) is 15.3. The zero-order chi connectivity index (χ0) is 21.3. The molecule has 5 heterocycles. The van der Waals surface area contributed by atoms with E-state index >= 15 is 0 Å². The number of piperidine rings is 3. The average Bonchev–Trinajstić information content (AvgIpc) is 3.44. The fraction of sp³-hybridized carbons (Fsp3) is 0.842. The maximum absolute atomic E-state index is 5.86. The molecule has 0 spiro atoms. The van der Waals surface area contributed by atoms with Crippen LogP contribution in [0.5, 0.6) is 5.88 Å². The number of hydrogen-bond acceptors (Lipinski definition) is 11. The van der Waals surface area contributed by atoms with E-state index in [1.807, 2.05) is 0 Å². The van der Waals surface area contributed by atoms with Gasteiger partial charge in [0.25, 0.3) is 0 Å². The molecule has 0 aromatic carbocycles. The van der Waals surface area contributed by atoms with Crippen molar-refractivity contribution in [2.45, 2.75) is 32.2 Å². The summed E-state index contributed by atoms with van der Waals surface area (Å²) in [7, 11) is 0. The first-order valence-corrected chi connectivity index (χ1v) is 11.7. The highest BCUT2D eigenvalue weighted by Crippen LogP contribution is 2.41. The summed E-state index contributed by atoms with van der Waals surface area (Å²) in [6, 6.07) is 0. The first kappa shape index (κ1) is 22.5. The largest absolute Gasteiger partial charge is 0.473 e. The van der Waals surface area contributed by atoms with Gasteiger partial charge in [0.05, 0.1) is 57.9 Å². The standard InChI is InChI=1S/C19H31N7O4S/c1-15-20-24-26(21-15)6-7-27-8-9-28-10-11-29-12-13-30-19-18(22-31-23-19)17-14-25-4-2-16(17)3-5-25/h16-17H,2-14H2,1H3. The van der Waals surface area contributed by atoms with Crippen molar-refractivity contribution in [2.24, 2.45) is 5.92 Å². The second-order valence-corrected chi connectivity index (χ2v) is 8.35. The molecule has 3 saturated heterocycles. The molecule has 31 heavy (non-hydrogen) atoms. The van der Waals surface area contributed by atoms with Crippen LogP contribution in [0.2, 0.25) is 0 Å². The zero-order valence-electron chi connectivity index (χ0n) is 18.0. The van der Waals surface area contributed by atoms with Crippen LogP contribution in [0.25, 0.3) is 0 Å². The molecule has 0 N–H and O–H groups in total. The number of fused-ring (bicyclic) bond motifs is 3. The van der Waals surface area contributed by atoms with Crippen molar-refractivity contribution in [3.8, 4) is 5.88 Å². The molecule has 1 unspecified atom stereocenters. The zero-order valence-corrected chi connectivity index (χ0v) is 18.8. The number of tetrazole rings is 1. The van der Waals surface area contributed by atoms with Crippen LogP contribution in [0.4, 0.5) is 0 Å². The van der Waals surface area contributed by atoms with Gasteiger partial charge in [0, 0.05) is 12.5 Å². The first-order valence-electron chi connectivity index (χ1n) is 10.9. The minimum Gasteiger partial charge on any atom is -0.473 e. The lowest BCUT2D eigenvalue weighted by Crippen LogP contribution is -2.46. The van der Waals surface area contributed by atoms with Gasteiger partial charge >= 0.3 is 0 Å². The summed E-state index contributed by atoms with van der Waals surface area (Å²) in [5.41, 5.74) is 1.04. The number of hydrogen-bond donors (Lipinski definition) is 0. The van der Waals surface area contributed by atoms with E-state index in [1.165, 1.54) is 42.5 Å². The molecule has 0 amide bonds. The van der Waals surface area contributed by atoms with Crippen LogP contribution in [0.3, 0.4) is 0 Å². The fourth-order valence-corrected chi connectivity index (χ4v) is 4.65. The van der Waals surface area contributed by atoms with Crippen molar-refractivity contribution in [3.63, 3.8) is 0 Å². The maximum Gasteiger partial charge on any atom is 0.249 e. The third-order valence-corrected chi connectivity index (χ3v) is 6.21. The van der Waals surface area contributed by atoms with Crippen LogP contribution < -0.4 is 4.74 Å². The molecule has 2 aromatic rings. The van der Waals surface area contributed by atoms with Crippen molar-refractivity contribution >= 4 is 11.7 Å². The number of nitrogens with zero attached hydrogens (tertiary/aromatic N) is 7. The molecule has 0 aliphatic carbocycles. The normalized spacial score (nSPS) is 22.8. The molecule has 0 saturated carbocycles. The number of aryl methyl sites for hydroxylation is 1. The average molecular weight is 454 g/mol. The van der Waals surface area contributed by atoms with Crippen LogP contribution in [-0.4, -0.2) is 99.7 Å². The Morgan fingerprint density at radius 3 is 2.29 bits per heavy atom. The monoisotopic (exact) mass is 453 g/mol. The van der Waals surface area contributed by atoms with Gasteiger partial charge in [-0.05, 0) is 44.0 Å². The lowest BCUT2D eigenvalue weighted by molar-refractivity contribution is 0.00703. The molecular formula is C19H31N7O4S. The van der Waals surface area contributed by atoms with Gasteiger partial charge in [-0.3, -0.25) is 0 Å². The lowest BCUT2D eigenvalue weighted by atomic mass is 9.77. The van der Waals surface area contributed by atoms with E-state index in [1.54, 1.807) is 6.92 Å². The van der Waals surface area contributed by atoms with Crippen LogP contribution in [0.1, 0.15) is 30.3 Å². The summed E-state index contributed by atoms with van der Waals surface area (Å²) in [5.74, 6) is 2.53. The molecule has 3 fully saturated rings. The minimum atomic E-state index is 0.462. The van der Waals surface area contributed by atoms with Crippen molar-refractivity contribution in [3.05, 3.63) is 11.5 Å². The van der Waals surface area contributed by atoms with Gasteiger partial charge in [0.1, 0.15) is 12.3 Å². The topological polar surface area (TPSA) is 110 Å². The number of ether oxygens (including phenoxy) is 4. The Hall–Kier alpha value is -1.73. The Bertz CT molecular complexity index is 781. The Morgan fingerprint density at radius 1 is 0.935 bits per heavy atom. The molecule has 11 nitrogen and oxygen atoms in total. The second-order valence-electron chi connectivity index (χ2n) is 7.82. The Kier molecular flexibility index (Phi) is 8.53. The molecule has 1 atom stereocenters. The van der Waals surface area contributed by atoms with Gasteiger partial charge in [-0.2, -0.15) is 9.17 Å². The molecule has 172 valence electrons. The Morgan fingerprint density at radius 2 is 1.65 bits per heavy atom. The highest BCUT2D eigenvalue weighted by Gasteiger charge is 2.38. The van der Waals surface area contributed by atoms with Gasteiger partial charge in [-0.15, -0.1) is 14.6 Å². The lowest BCUT2D eigenvalue weighted by Gasteiger charge is -2.44. The third kappa shape index (κ3) is 6.62. The second kappa shape index (κ2) is 11.8. The SMILES string of the molecule is Cc1nnn(CCOCCOCCOCCOc2nsnc2C2CN3CCC2CC3)n1. The Balaban J connectivity index is 0.996. The van der Waals surface area contributed by atoms with Crippen molar-refractivity contribution in [1.29, 1.82) is 0 Å². The van der Waals surface area contributed by atoms with E-state index in [9.17, 15) is 0 Å². The summed E-state index contributed by atoms with van der Waals surface area (Å²) in [4.78, 5) is 4.05. The van der Waals surface area contributed by atoms with Crippen LogP contribution in [0.15, 0.2) is 0 Å². The summed E-state index contributed by atoms with van der Waals surface area (Å²) in [6.07, 6.45) is 2.52. The van der Waals surface area contributed by atoms with E-state index in [0.29, 0.717) is 70.4 Å². The van der Waals surface area contributed by atoms with E-state index in [-0.39, 0.29) is 0 Å². The van der Waals surface area contributed by atoms with Crippen LogP contribution in [-0.2, 0) is 20.8 Å². The Labute approximate surface area is 186 Å². The van der Waals surface area contributed by atoms with E-state index in [2.05, 4.69) is 29.1 Å². The molecule has 3 aliphatic heterocycles. The minimum absolute atomic E-state index is 0.462. The molecule has 2 bridgehead atoms. The number of rotatable bonds is 14. The maximum atomic E-state index is 5.86. The van der Waals surface area contributed by atoms with E-state index in [4.69, 9.17) is 18.9 Å². The summed E-state index contributed by atoms with van der Waals surface area (Å²) < 4.78 is 31.3. The highest BCUT2D eigenvalue weighted by molar-refractivity contribution is 6.99. The van der Waals surface area contributed by atoms with Gasteiger partial charge in [-0.1, -0.05) is 0 Å². The molecule has 12 heteroatoms. The van der Waals surface area contributed by atoms with Gasteiger partial charge in [0.15, 0.2) is 5.82 Å². The van der Waals surface area contributed by atoms with Crippen LogP contribution >= 0.6 is 11.7 Å². The smallest absolute Gasteiger partial charge is 0.249 e. The third-order valence-electron chi connectivity index (χ3n) is 5.69. The molecule has 5 rings (SSSR count). The predicted molar refractivity (Wildman–Crippen MR) is 112 cm³/mol. The fourth-order valence-electron chi connectivity index (χ4n) is 4.09. The van der Waals surface area contributed by atoms with Crippen molar-refractivity contribution in [1.82, 2.24) is 33.9 Å². The van der Waals surface area contributed by atoms with E-state index in [0.717, 1.165) is 18.2 Å². The summed E-state index contributed by atoms with van der Waals surface area (Å²) >= 11 is 1.24. The summed E-state index contributed by atoms with van der Waals surface area (Å²) in [5, 5.41) is 11.8. The van der Waals surface area contributed by atoms with Crippen molar-refractivity contribution in [2.75, 3.05) is 65.9 Å².